The molecule has 0 radical (unpaired) electrons. The van der Waals surface area contributed by atoms with Gasteiger partial charge in [0.25, 0.3) is 0 Å². The van der Waals surface area contributed by atoms with E-state index >= 15 is 0 Å². The summed E-state index contributed by atoms with van der Waals surface area (Å²) in [6, 6.07) is 13.6. The van der Waals surface area contributed by atoms with E-state index in [0.29, 0.717) is 13.2 Å². The first-order valence-corrected chi connectivity index (χ1v) is 7.41. The molecule has 0 saturated heterocycles. The summed E-state index contributed by atoms with van der Waals surface area (Å²) < 4.78 is 12.3. The first kappa shape index (κ1) is 14.9. The molecule has 2 aromatic carbocycles. The summed E-state index contributed by atoms with van der Waals surface area (Å²) in [5, 5.41) is 0. The van der Waals surface area contributed by atoms with E-state index in [2.05, 4.69) is 15.9 Å². The van der Waals surface area contributed by atoms with Crippen molar-refractivity contribution < 1.29 is 9.47 Å². The molecule has 4 heteroatoms. The zero-order chi connectivity index (χ0) is 14.4. The Kier molecular flexibility index (Phi) is 5.44. The van der Waals surface area contributed by atoms with E-state index in [9.17, 15) is 0 Å². The van der Waals surface area contributed by atoms with E-state index < -0.39 is 0 Å². The van der Waals surface area contributed by atoms with E-state index in [-0.39, 0.29) is 0 Å². The highest BCUT2D eigenvalue weighted by atomic mass is 79.9. The number of rotatable bonds is 6. The third-order valence-electron chi connectivity index (χ3n) is 2.77. The molecule has 0 saturated carbocycles. The lowest BCUT2D eigenvalue weighted by molar-refractivity contribution is 0.338. The van der Waals surface area contributed by atoms with Gasteiger partial charge in [0.1, 0.15) is 17.2 Å². The van der Waals surface area contributed by atoms with Crippen LogP contribution in [0, 0.1) is 0 Å². The fourth-order valence-corrected chi connectivity index (χ4v) is 2.38. The van der Waals surface area contributed by atoms with E-state index in [4.69, 9.17) is 15.2 Å². The van der Waals surface area contributed by atoms with Crippen molar-refractivity contribution >= 4 is 15.9 Å². The summed E-state index contributed by atoms with van der Waals surface area (Å²) in [7, 11) is 0. The average molecular weight is 336 g/mol. The number of hydrogen-bond donors (Lipinski definition) is 1. The van der Waals surface area contributed by atoms with Crippen LogP contribution in [0.15, 0.2) is 46.9 Å². The Morgan fingerprint density at radius 1 is 1.10 bits per heavy atom. The summed E-state index contributed by atoms with van der Waals surface area (Å²) in [6.07, 6.45) is 0.860. The topological polar surface area (TPSA) is 44.5 Å². The van der Waals surface area contributed by atoms with Gasteiger partial charge in [-0.25, -0.2) is 0 Å². The molecule has 0 aromatic heterocycles. The number of benzene rings is 2. The third-order valence-corrected chi connectivity index (χ3v) is 3.39. The van der Waals surface area contributed by atoms with Crippen molar-refractivity contribution in [3.8, 4) is 17.2 Å². The van der Waals surface area contributed by atoms with Crippen molar-refractivity contribution in [2.45, 2.75) is 13.3 Å². The molecule has 0 aliphatic carbocycles. The lowest BCUT2D eigenvalue weighted by Gasteiger charge is -2.10. The fourth-order valence-electron chi connectivity index (χ4n) is 1.87. The van der Waals surface area contributed by atoms with Crippen LogP contribution < -0.4 is 15.2 Å². The third kappa shape index (κ3) is 3.99. The van der Waals surface area contributed by atoms with Gasteiger partial charge >= 0.3 is 0 Å². The molecule has 3 nitrogen and oxygen atoms in total. The molecule has 0 aliphatic rings. The summed E-state index contributed by atoms with van der Waals surface area (Å²) >= 11 is 3.53. The standard InChI is InChI=1S/C16H18BrNO2/c1-2-19-13-4-3-5-14(11-13)20-16-7-6-12(8-9-18)10-15(16)17/h3-7,10-11H,2,8-9,18H2,1H3. The predicted molar refractivity (Wildman–Crippen MR) is 84.6 cm³/mol. The molecule has 0 spiro atoms. The van der Waals surface area contributed by atoms with Crippen molar-refractivity contribution in [2.75, 3.05) is 13.2 Å². The highest BCUT2D eigenvalue weighted by molar-refractivity contribution is 9.10. The number of nitrogens with two attached hydrogens (primary N) is 1. The normalized spacial score (nSPS) is 10.3. The zero-order valence-electron chi connectivity index (χ0n) is 11.4. The second-order valence-electron chi connectivity index (χ2n) is 4.31. The fraction of sp³-hybridized carbons (Fsp3) is 0.250. The number of ether oxygens (including phenoxy) is 2. The van der Waals surface area contributed by atoms with Gasteiger partial charge in [0.15, 0.2) is 0 Å². The summed E-state index contributed by atoms with van der Waals surface area (Å²) in [5.41, 5.74) is 6.75. The Balaban J connectivity index is 2.15. The number of halogens is 1. The maximum Gasteiger partial charge on any atom is 0.141 e. The van der Waals surface area contributed by atoms with Crippen LogP contribution in [0.25, 0.3) is 0 Å². The molecule has 0 atom stereocenters. The zero-order valence-corrected chi connectivity index (χ0v) is 13.0. The lowest BCUT2D eigenvalue weighted by atomic mass is 10.1. The Hall–Kier alpha value is -1.52. The Morgan fingerprint density at radius 2 is 1.90 bits per heavy atom. The van der Waals surface area contributed by atoms with Gasteiger partial charge in [0.05, 0.1) is 11.1 Å². The molecule has 0 fully saturated rings. The van der Waals surface area contributed by atoms with E-state index in [0.717, 1.165) is 28.1 Å². The molecule has 2 rings (SSSR count). The molecule has 2 N–H and O–H groups in total. The summed E-state index contributed by atoms with van der Waals surface area (Å²) in [6.45, 7) is 3.24. The molecule has 20 heavy (non-hydrogen) atoms. The van der Waals surface area contributed by atoms with Gasteiger partial charge in [-0.15, -0.1) is 0 Å². The van der Waals surface area contributed by atoms with E-state index in [1.807, 2.05) is 49.4 Å². The molecular formula is C16H18BrNO2. The van der Waals surface area contributed by atoms with Crippen molar-refractivity contribution in [1.82, 2.24) is 0 Å². The monoisotopic (exact) mass is 335 g/mol. The van der Waals surface area contributed by atoms with Gasteiger partial charge in [0, 0.05) is 6.07 Å². The minimum atomic E-state index is 0.640. The lowest BCUT2D eigenvalue weighted by Crippen LogP contribution is -2.02. The van der Waals surface area contributed by atoms with Crippen LogP contribution in [0.1, 0.15) is 12.5 Å². The Bertz CT molecular complexity index is 572. The quantitative estimate of drug-likeness (QED) is 0.862. The molecule has 106 valence electrons. The van der Waals surface area contributed by atoms with E-state index in [1.54, 1.807) is 0 Å². The molecule has 0 unspecified atom stereocenters. The summed E-state index contributed by atoms with van der Waals surface area (Å²) in [4.78, 5) is 0. The molecule has 0 amide bonds. The first-order chi connectivity index (χ1) is 9.72. The highest BCUT2D eigenvalue weighted by Gasteiger charge is 2.05. The van der Waals surface area contributed by atoms with Gasteiger partial charge in [-0.2, -0.15) is 0 Å². The van der Waals surface area contributed by atoms with Crippen LogP contribution in [0.3, 0.4) is 0 Å². The van der Waals surface area contributed by atoms with Crippen molar-refractivity contribution in [3.63, 3.8) is 0 Å². The smallest absolute Gasteiger partial charge is 0.141 e. The number of hydrogen-bond acceptors (Lipinski definition) is 3. The summed E-state index contributed by atoms with van der Waals surface area (Å²) in [5.74, 6) is 2.34. The van der Waals surface area contributed by atoms with E-state index in [1.165, 1.54) is 5.56 Å². The molecule has 0 heterocycles. The van der Waals surface area contributed by atoms with Crippen LogP contribution >= 0.6 is 15.9 Å². The van der Waals surface area contributed by atoms with Crippen molar-refractivity contribution in [2.24, 2.45) is 5.73 Å². The highest BCUT2D eigenvalue weighted by Crippen LogP contribution is 2.32. The second kappa shape index (κ2) is 7.31. The largest absolute Gasteiger partial charge is 0.494 e. The maximum absolute atomic E-state index is 5.87. The van der Waals surface area contributed by atoms with Crippen LogP contribution in [-0.4, -0.2) is 13.2 Å². The Labute approximate surface area is 127 Å². The SMILES string of the molecule is CCOc1cccc(Oc2ccc(CCN)cc2Br)c1. The minimum absolute atomic E-state index is 0.640. The van der Waals surface area contributed by atoms with Crippen LogP contribution in [0.5, 0.6) is 17.2 Å². The molecular weight excluding hydrogens is 318 g/mol. The van der Waals surface area contributed by atoms with Gasteiger partial charge < -0.3 is 15.2 Å². The van der Waals surface area contributed by atoms with Crippen molar-refractivity contribution in [3.05, 3.63) is 52.5 Å². The first-order valence-electron chi connectivity index (χ1n) is 6.62. The Morgan fingerprint density at radius 3 is 2.60 bits per heavy atom. The van der Waals surface area contributed by atoms with Gasteiger partial charge in [-0.1, -0.05) is 12.1 Å². The predicted octanol–water partition coefficient (Wildman–Crippen LogP) is 4.14. The van der Waals surface area contributed by atoms with Crippen molar-refractivity contribution in [1.29, 1.82) is 0 Å². The van der Waals surface area contributed by atoms with Crippen LogP contribution in [0.2, 0.25) is 0 Å². The maximum atomic E-state index is 5.87. The molecule has 2 aromatic rings. The van der Waals surface area contributed by atoms with Gasteiger partial charge in [-0.3, -0.25) is 0 Å². The average Bonchev–Trinajstić information content (AvgIpc) is 2.43. The van der Waals surface area contributed by atoms with Gasteiger partial charge in [0.2, 0.25) is 0 Å². The molecule has 0 bridgehead atoms. The molecule has 0 aliphatic heterocycles. The van der Waals surface area contributed by atoms with Crippen LogP contribution in [-0.2, 0) is 6.42 Å². The van der Waals surface area contributed by atoms with Crippen LogP contribution in [0.4, 0.5) is 0 Å². The minimum Gasteiger partial charge on any atom is -0.494 e. The van der Waals surface area contributed by atoms with Gasteiger partial charge in [-0.05, 0) is 65.6 Å². The second-order valence-corrected chi connectivity index (χ2v) is 5.17.